The molecule has 0 aliphatic carbocycles. The highest BCUT2D eigenvalue weighted by molar-refractivity contribution is 8.04. The van der Waals surface area contributed by atoms with E-state index in [-0.39, 0.29) is 10.6 Å². The lowest BCUT2D eigenvalue weighted by Gasteiger charge is -2.16. The minimum absolute atomic E-state index is 0.158. The molecule has 180 valence electrons. The molecule has 3 aromatic rings. The number of methoxy groups -OCH3 is 1. The summed E-state index contributed by atoms with van der Waals surface area (Å²) < 4.78 is 5.42. The van der Waals surface area contributed by atoms with Crippen LogP contribution in [-0.2, 0) is 16.0 Å². The lowest BCUT2D eigenvalue weighted by molar-refractivity contribution is -0.120. The molecule has 0 unspecified atom stereocenters. The largest absolute Gasteiger partial charge is 0.495 e. The number of carbonyl (C=O) groups excluding carboxylic acids is 2. The van der Waals surface area contributed by atoms with Gasteiger partial charge in [0.25, 0.3) is 11.8 Å². The van der Waals surface area contributed by atoms with Crippen molar-refractivity contribution in [2.24, 2.45) is 0 Å². The number of rotatable bonds is 9. The second kappa shape index (κ2) is 11.2. The summed E-state index contributed by atoms with van der Waals surface area (Å²) in [6.45, 7) is 2.14. The monoisotopic (exact) mass is 526 g/mol. The molecule has 1 N–H and O–H groups in total. The Balaban J connectivity index is 1.71. The summed E-state index contributed by atoms with van der Waals surface area (Å²) in [7, 11) is 1.53. The smallest absolute Gasteiger partial charge is 0.283 e. The van der Waals surface area contributed by atoms with Crippen LogP contribution >= 0.6 is 35.0 Å². The highest BCUT2D eigenvalue weighted by Crippen LogP contribution is 2.39. The Bertz CT molecular complexity index is 1270. The Morgan fingerprint density at radius 1 is 0.914 bits per heavy atom. The number of nitrogens with one attached hydrogen (secondary N) is 1. The van der Waals surface area contributed by atoms with E-state index < -0.39 is 11.8 Å². The number of anilines is 2. The van der Waals surface area contributed by atoms with Crippen LogP contribution in [0.1, 0.15) is 25.3 Å². The van der Waals surface area contributed by atoms with Gasteiger partial charge >= 0.3 is 0 Å². The topological polar surface area (TPSA) is 58.6 Å². The molecule has 4 rings (SSSR count). The lowest BCUT2D eigenvalue weighted by Crippen LogP contribution is -2.32. The summed E-state index contributed by atoms with van der Waals surface area (Å²) in [5.74, 6) is -0.355. The van der Waals surface area contributed by atoms with Gasteiger partial charge < -0.3 is 10.1 Å². The highest BCUT2D eigenvalue weighted by atomic mass is 35.5. The second-order valence-corrected chi connectivity index (χ2v) is 9.90. The number of ether oxygens (including phenoxy) is 1. The van der Waals surface area contributed by atoms with Gasteiger partial charge in [0, 0.05) is 14.9 Å². The molecule has 5 nitrogen and oxygen atoms in total. The molecular weight excluding hydrogens is 503 g/mol. The van der Waals surface area contributed by atoms with Crippen molar-refractivity contribution < 1.29 is 14.3 Å². The van der Waals surface area contributed by atoms with Crippen LogP contribution in [0.15, 0.2) is 82.2 Å². The van der Waals surface area contributed by atoms with Crippen LogP contribution in [-0.4, -0.2) is 18.9 Å². The first kappa shape index (κ1) is 25.2. The SMILES string of the molecule is CCCCc1ccc(N2C(=O)C(Nc3cc(Cl)ccc3OC)=C(Sc3ccc(Cl)cc3)C2=O)cc1. The van der Waals surface area contributed by atoms with Gasteiger partial charge in [-0.15, -0.1) is 0 Å². The molecule has 0 fully saturated rings. The van der Waals surface area contributed by atoms with Gasteiger partial charge in [-0.1, -0.05) is 60.4 Å². The Kier molecular flexibility index (Phi) is 8.06. The van der Waals surface area contributed by atoms with E-state index in [9.17, 15) is 9.59 Å². The fraction of sp³-hybridized carbons (Fsp3) is 0.185. The molecule has 0 saturated carbocycles. The van der Waals surface area contributed by atoms with Gasteiger partial charge in [-0.05, 0) is 73.0 Å². The average Bonchev–Trinajstić information content (AvgIpc) is 3.08. The lowest BCUT2D eigenvalue weighted by atomic mass is 10.1. The van der Waals surface area contributed by atoms with Crippen molar-refractivity contribution in [1.29, 1.82) is 0 Å². The molecule has 1 aliphatic rings. The van der Waals surface area contributed by atoms with Crippen LogP contribution in [0, 0.1) is 0 Å². The van der Waals surface area contributed by atoms with Crippen LogP contribution in [0.25, 0.3) is 0 Å². The van der Waals surface area contributed by atoms with E-state index in [0.717, 1.165) is 24.2 Å². The van der Waals surface area contributed by atoms with Crippen LogP contribution in [0.2, 0.25) is 10.0 Å². The molecule has 0 radical (unpaired) electrons. The van der Waals surface area contributed by atoms with Gasteiger partial charge in [-0.3, -0.25) is 9.59 Å². The number of unbranched alkanes of at least 4 members (excludes halogenated alkanes) is 1. The number of carbonyl (C=O) groups is 2. The molecule has 1 aliphatic heterocycles. The molecule has 3 aromatic carbocycles. The maximum atomic E-state index is 13.6. The van der Waals surface area contributed by atoms with Crippen LogP contribution < -0.4 is 15.0 Å². The van der Waals surface area contributed by atoms with Crippen molar-refractivity contribution >= 4 is 58.2 Å². The van der Waals surface area contributed by atoms with Crippen molar-refractivity contribution in [2.45, 2.75) is 31.1 Å². The van der Waals surface area contributed by atoms with Crippen molar-refractivity contribution in [2.75, 3.05) is 17.3 Å². The molecule has 0 aromatic heterocycles. The molecule has 35 heavy (non-hydrogen) atoms. The summed E-state index contributed by atoms with van der Waals surface area (Å²) in [6.07, 6.45) is 3.14. The van der Waals surface area contributed by atoms with Gasteiger partial charge in [0.15, 0.2) is 0 Å². The summed E-state index contributed by atoms with van der Waals surface area (Å²) in [4.78, 5) is 29.4. The number of benzene rings is 3. The number of hydrogen-bond acceptors (Lipinski definition) is 5. The third-order valence-electron chi connectivity index (χ3n) is 5.51. The maximum absolute atomic E-state index is 13.6. The molecular formula is C27H24Cl2N2O3S. The van der Waals surface area contributed by atoms with E-state index >= 15 is 0 Å². The Hall–Kier alpha value is -2.93. The Morgan fingerprint density at radius 2 is 1.60 bits per heavy atom. The molecule has 0 bridgehead atoms. The van der Waals surface area contributed by atoms with Gasteiger partial charge in [0.2, 0.25) is 0 Å². The van der Waals surface area contributed by atoms with Gasteiger partial charge in [0.1, 0.15) is 16.4 Å². The average molecular weight is 527 g/mol. The minimum atomic E-state index is -0.449. The normalized spacial score (nSPS) is 13.5. The predicted molar refractivity (Wildman–Crippen MR) is 144 cm³/mol. The summed E-state index contributed by atoms with van der Waals surface area (Å²) in [6, 6.07) is 19.7. The molecule has 1 heterocycles. The third-order valence-corrected chi connectivity index (χ3v) is 7.09. The molecule has 2 amide bonds. The first-order valence-corrected chi connectivity index (χ1v) is 12.7. The van der Waals surface area contributed by atoms with Gasteiger partial charge in [-0.25, -0.2) is 4.90 Å². The molecule has 0 saturated heterocycles. The number of imide groups is 1. The predicted octanol–water partition coefficient (Wildman–Crippen LogP) is 7.33. The number of amides is 2. The van der Waals surface area contributed by atoms with Gasteiger partial charge in [-0.2, -0.15) is 0 Å². The van der Waals surface area contributed by atoms with Crippen LogP contribution in [0.3, 0.4) is 0 Å². The Morgan fingerprint density at radius 3 is 2.26 bits per heavy atom. The van der Waals surface area contributed by atoms with Crippen molar-refractivity contribution in [3.8, 4) is 5.75 Å². The number of aryl methyl sites for hydroxylation is 1. The zero-order valence-electron chi connectivity index (χ0n) is 19.3. The first-order valence-electron chi connectivity index (χ1n) is 11.2. The van der Waals surface area contributed by atoms with E-state index in [2.05, 4.69) is 12.2 Å². The maximum Gasteiger partial charge on any atom is 0.283 e. The Labute approximate surface area is 219 Å². The summed E-state index contributed by atoms with van der Waals surface area (Å²) in [5, 5.41) is 4.17. The van der Waals surface area contributed by atoms with Gasteiger partial charge in [0.05, 0.1) is 18.5 Å². The first-order chi connectivity index (χ1) is 16.9. The number of halogens is 2. The van der Waals surface area contributed by atoms with Crippen molar-refractivity contribution in [3.63, 3.8) is 0 Å². The van der Waals surface area contributed by atoms with E-state index in [1.165, 1.54) is 29.3 Å². The van der Waals surface area contributed by atoms with E-state index in [4.69, 9.17) is 27.9 Å². The standard InChI is InChI=1S/C27H24Cl2N2O3S/c1-3-4-5-17-6-11-20(12-7-17)31-26(32)24(30-22-16-19(29)10-15-23(22)34-2)25(27(31)33)35-21-13-8-18(28)9-14-21/h6-16,30H,3-5H2,1-2H3. The number of thioether (sulfide) groups is 1. The zero-order chi connectivity index (χ0) is 24.9. The van der Waals surface area contributed by atoms with Crippen molar-refractivity contribution in [1.82, 2.24) is 0 Å². The molecule has 0 atom stereocenters. The fourth-order valence-corrected chi connectivity index (χ4v) is 4.90. The van der Waals surface area contributed by atoms with Crippen molar-refractivity contribution in [3.05, 3.63) is 92.9 Å². The minimum Gasteiger partial charge on any atom is -0.495 e. The zero-order valence-corrected chi connectivity index (χ0v) is 21.6. The van der Waals surface area contributed by atoms with E-state index in [1.807, 2.05) is 24.3 Å². The number of hydrogen-bond donors (Lipinski definition) is 1. The fourth-order valence-electron chi connectivity index (χ4n) is 3.67. The van der Waals surface area contributed by atoms with Crippen LogP contribution in [0.5, 0.6) is 5.75 Å². The summed E-state index contributed by atoms with van der Waals surface area (Å²) >= 11 is 13.4. The summed E-state index contributed by atoms with van der Waals surface area (Å²) in [5.41, 5.74) is 2.33. The van der Waals surface area contributed by atoms with E-state index in [0.29, 0.717) is 27.2 Å². The number of nitrogens with zero attached hydrogens (tertiary/aromatic N) is 1. The second-order valence-electron chi connectivity index (χ2n) is 7.95. The van der Waals surface area contributed by atoms with Crippen LogP contribution in [0.4, 0.5) is 11.4 Å². The quantitative estimate of drug-likeness (QED) is 0.295. The molecule has 0 spiro atoms. The highest BCUT2D eigenvalue weighted by Gasteiger charge is 2.40. The van der Waals surface area contributed by atoms with E-state index in [1.54, 1.807) is 42.5 Å². The molecule has 8 heteroatoms. The third kappa shape index (κ3) is 5.67.